The molecule has 0 bridgehead atoms. The number of ether oxygens (including phenoxy) is 1. The van der Waals surface area contributed by atoms with E-state index in [1.165, 1.54) is 13.3 Å². The van der Waals surface area contributed by atoms with Crippen LogP contribution in [0.2, 0.25) is 0 Å². The molecule has 2 N–H and O–H groups in total. The predicted octanol–water partition coefficient (Wildman–Crippen LogP) is 4.54. The lowest BCUT2D eigenvalue weighted by molar-refractivity contribution is -0.137. The lowest BCUT2D eigenvalue weighted by atomic mass is 9.71. The van der Waals surface area contributed by atoms with Gasteiger partial charge in [-0.2, -0.15) is 13.2 Å². The summed E-state index contributed by atoms with van der Waals surface area (Å²) in [7, 11) is 1.48. The summed E-state index contributed by atoms with van der Waals surface area (Å²) in [6, 6.07) is 14.5. The number of nitrogens with zero attached hydrogens (tertiary/aromatic N) is 1. The maximum absolute atomic E-state index is 14.2. The van der Waals surface area contributed by atoms with Gasteiger partial charge in [0.25, 0.3) is 0 Å². The normalized spacial score (nSPS) is 13.8. The van der Waals surface area contributed by atoms with Gasteiger partial charge in [0.2, 0.25) is 0 Å². The smallest absolute Gasteiger partial charge is 0.416 e. The van der Waals surface area contributed by atoms with Gasteiger partial charge < -0.3 is 10.5 Å². The molecule has 0 aliphatic carbocycles. The fourth-order valence-corrected chi connectivity index (χ4v) is 3.28. The number of aromatic nitrogens is 1. The summed E-state index contributed by atoms with van der Waals surface area (Å²) < 4.78 is 59.2. The largest absolute Gasteiger partial charge is 0.495 e. The second kappa shape index (κ2) is 7.59. The molecule has 0 fully saturated rings. The summed E-state index contributed by atoms with van der Waals surface area (Å²) in [6.07, 6.45) is -3.24. The van der Waals surface area contributed by atoms with Gasteiger partial charge in [0.05, 0.1) is 30.0 Å². The van der Waals surface area contributed by atoms with Crippen LogP contribution in [0.3, 0.4) is 0 Å². The lowest BCUT2D eigenvalue weighted by Gasteiger charge is -2.34. The molecule has 1 unspecified atom stereocenters. The van der Waals surface area contributed by atoms with Crippen LogP contribution in [0.4, 0.5) is 17.6 Å². The highest BCUT2D eigenvalue weighted by Crippen LogP contribution is 2.40. The first-order valence-electron chi connectivity index (χ1n) is 8.45. The topological polar surface area (TPSA) is 48.1 Å². The maximum atomic E-state index is 14.2. The molecule has 0 saturated heterocycles. The third-order valence-corrected chi connectivity index (χ3v) is 4.70. The molecule has 3 rings (SSSR count). The van der Waals surface area contributed by atoms with E-state index in [0.29, 0.717) is 23.1 Å². The second-order valence-electron chi connectivity index (χ2n) is 6.29. The Hall–Kier alpha value is -2.93. The number of pyridine rings is 1. The van der Waals surface area contributed by atoms with Gasteiger partial charge in [-0.15, -0.1) is 0 Å². The fourth-order valence-electron chi connectivity index (χ4n) is 3.28. The van der Waals surface area contributed by atoms with Crippen molar-refractivity contribution in [1.82, 2.24) is 4.98 Å². The molecule has 0 aliphatic heterocycles. The molecule has 0 radical (unpaired) electrons. The van der Waals surface area contributed by atoms with E-state index in [1.54, 1.807) is 42.5 Å². The van der Waals surface area contributed by atoms with Gasteiger partial charge >= 0.3 is 6.18 Å². The number of hydrogen-bond donors (Lipinski definition) is 1. The monoisotopic (exact) mass is 390 g/mol. The second-order valence-corrected chi connectivity index (χ2v) is 6.29. The van der Waals surface area contributed by atoms with Crippen molar-refractivity contribution in [3.63, 3.8) is 0 Å². The van der Waals surface area contributed by atoms with Crippen LogP contribution in [0.25, 0.3) is 0 Å². The molecule has 146 valence electrons. The van der Waals surface area contributed by atoms with Crippen molar-refractivity contribution in [1.29, 1.82) is 0 Å². The number of nitrogens with two attached hydrogens (primary N) is 1. The third-order valence-electron chi connectivity index (χ3n) is 4.70. The molecule has 0 spiro atoms. The van der Waals surface area contributed by atoms with Gasteiger partial charge in [-0.25, -0.2) is 4.39 Å². The summed E-state index contributed by atoms with van der Waals surface area (Å²) in [4.78, 5) is 4.36. The van der Waals surface area contributed by atoms with Crippen LogP contribution < -0.4 is 10.5 Å². The first-order valence-corrected chi connectivity index (χ1v) is 8.45. The van der Waals surface area contributed by atoms with Crippen LogP contribution >= 0.6 is 0 Å². The molecule has 7 heteroatoms. The van der Waals surface area contributed by atoms with E-state index in [-0.39, 0.29) is 12.1 Å². The van der Waals surface area contributed by atoms with Crippen LogP contribution in [0.15, 0.2) is 66.9 Å². The van der Waals surface area contributed by atoms with Crippen molar-refractivity contribution in [2.75, 3.05) is 13.7 Å². The molecule has 3 nitrogen and oxygen atoms in total. The van der Waals surface area contributed by atoms with Gasteiger partial charge in [0, 0.05) is 6.54 Å². The molecule has 0 amide bonds. The van der Waals surface area contributed by atoms with Crippen molar-refractivity contribution < 1.29 is 22.3 Å². The molecule has 3 aromatic rings. The first-order chi connectivity index (χ1) is 13.3. The van der Waals surface area contributed by atoms with Gasteiger partial charge in [-0.1, -0.05) is 30.3 Å². The number of methoxy groups -OCH3 is 1. The minimum Gasteiger partial charge on any atom is -0.495 e. The van der Waals surface area contributed by atoms with Crippen LogP contribution in [-0.4, -0.2) is 18.6 Å². The first kappa shape index (κ1) is 19.8. The summed E-state index contributed by atoms with van der Waals surface area (Å²) in [5, 5.41) is 0. The molecule has 28 heavy (non-hydrogen) atoms. The average molecular weight is 390 g/mol. The SMILES string of the molecule is COc1ccc(C(CN)(c2ccccc2)c2cc(F)cc(C(F)(F)F)c2)nc1. The van der Waals surface area contributed by atoms with Crippen molar-refractivity contribution >= 4 is 0 Å². The van der Waals surface area contributed by atoms with E-state index in [0.717, 1.165) is 12.1 Å². The molecule has 1 aromatic heterocycles. The van der Waals surface area contributed by atoms with Gasteiger partial charge in [-0.3, -0.25) is 4.98 Å². The molecule has 0 saturated carbocycles. The predicted molar refractivity (Wildman–Crippen MR) is 97.6 cm³/mol. The summed E-state index contributed by atoms with van der Waals surface area (Å²) in [5.74, 6) is -0.509. The molecule has 1 heterocycles. The molecular formula is C21H18F4N2O. The highest BCUT2D eigenvalue weighted by atomic mass is 19.4. The van der Waals surface area contributed by atoms with Crippen LogP contribution in [0.5, 0.6) is 5.75 Å². The van der Waals surface area contributed by atoms with E-state index in [4.69, 9.17) is 10.5 Å². The zero-order chi connectivity index (χ0) is 20.4. The van der Waals surface area contributed by atoms with Crippen molar-refractivity contribution in [2.24, 2.45) is 5.73 Å². The number of alkyl halides is 3. The quantitative estimate of drug-likeness (QED) is 0.651. The molecule has 1 atom stereocenters. The Kier molecular flexibility index (Phi) is 5.38. The maximum Gasteiger partial charge on any atom is 0.416 e. The molecule has 0 aliphatic rings. The van der Waals surface area contributed by atoms with Crippen molar-refractivity contribution in [3.05, 3.63) is 95.1 Å². The Bertz CT molecular complexity index is 943. The number of benzene rings is 2. The summed E-state index contributed by atoms with van der Waals surface area (Å²) in [5.41, 5.74) is 4.83. The zero-order valence-electron chi connectivity index (χ0n) is 15.0. The van der Waals surface area contributed by atoms with Crippen molar-refractivity contribution in [2.45, 2.75) is 11.6 Å². The summed E-state index contributed by atoms with van der Waals surface area (Å²) >= 11 is 0. The van der Waals surface area contributed by atoms with Crippen LogP contribution in [-0.2, 0) is 11.6 Å². The number of rotatable bonds is 5. The van der Waals surface area contributed by atoms with Crippen LogP contribution in [0.1, 0.15) is 22.4 Å². The minimum absolute atomic E-state index is 0.0752. The standard InChI is InChI=1S/C21H18F4N2O/c1-28-18-7-8-19(27-12-18)20(13-26,14-5-3-2-4-6-14)15-9-16(21(23,24)25)11-17(22)10-15/h2-12H,13,26H2,1H3. The van der Waals surface area contributed by atoms with Crippen molar-refractivity contribution in [3.8, 4) is 5.75 Å². The third kappa shape index (κ3) is 3.57. The van der Waals surface area contributed by atoms with E-state index in [9.17, 15) is 17.6 Å². The van der Waals surface area contributed by atoms with Gasteiger partial charge in [0.1, 0.15) is 11.6 Å². The Morgan fingerprint density at radius 3 is 2.14 bits per heavy atom. The lowest BCUT2D eigenvalue weighted by Crippen LogP contribution is -2.39. The zero-order valence-corrected chi connectivity index (χ0v) is 15.0. The van der Waals surface area contributed by atoms with E-state index >= 15 is 0 Å². The van der Waals surface area contributed by atoms with E-state index in [2.05, 4.69) is 4.98 Å². The highest BCUT2D eigenvalue weighted by molar-refractivity contribution is 5.50. The van der Waals surface area contributed by atoms with E-state index in [1.807, 2.05) is 0 Å². The molecular weight excluding hydrogens is 372 g/mol. The van der Waals surface area contributed by atoms with Gasteiger partial charge in [0.15, 0.2) is 0 Å². The molecule has 2 aromatic carbocycles. The Labute approximate surface area is 159 Å². The fraction of sp³-hybridized carbons (Fsp3) is 0.190. The number of hydrogen-bond acceptors (Lipinski definition) is 3. The average Bonchev–Trinajstić information content (AvgIpc) is 2.69. The van der Waals surface area contributed by atoms with Gasteiger partial charge in [-0.05, 0) is 41.5 Å². The van der Waals surface area contributed by atoms with E-state index < -0.39 is 23.0 Å². The summed E-state index contributed by atoms with van der Waals surface area (Å²) in [6.45, 7) is -0.114. The minimum atomic E-state index is -4.69. The number of halogens is 4. The van der Waals surface area contributed by atoms with Crippen LogP contribution in [0, 0.1) is 5.82 Å². The Morgan fingerprint density at radius 2 is 1.61 bits per heavy atom. The Balaban J connectivity index is 2.32. The Morgan fingerprint density at radius 1 is 0.929 bits per heavy atom. The highest BCUT2D eigenvalue weighted by Gasteiger charge is 2.39.